The number of carbonyl (C=O) groups is 1. The standard InChI is InChI=1S/C17H21N3O3S/c1-9-4-5-15(24-9)12-7-13(12)17(21)20-8-11(22-3)6-14(20)16-18-10(2)19-23-16/h4-5,11-14H,6-8H2,1-3H3/t11-,12-,13-,14+/m0/s1. The maximum atomic E-state index is 13.0. The van der Waals surface area contributed by atoms with Crippen molar-refractivity contribution in [2.45, 2.75) is 44.8 Å². The molecule has 0 spiro atoms. The second-order valence-electron chi connectivity index (χ2n) is 6.68. The van der Waals surface area contributed by atoms with Gasteiger partial charge in [-0.3, -0.25) is 4.79 Å². The number of thiophene rings is 1. The van der Waals surface area contributed by atoms with Crippen LogP contribution >= 0.6 is 11.3 Å². The summed E-state index contributed by atoms with van der Waals surface area (Å²) in [6.07, 6.45) is 1.66. The highest BCUT2D eigenvalue weighted by Crippen LogP contribution is 2.52. The Hall–Kier alpha value is -1.73. The van der Waals surface area contributed by atoms with Gasteiger partial charge in [-0.25, -0.2) is 0 Å². The average Bonchev–Trinajstić information content (AvgIpc) is 2.90. The summed E-state index contributed by atoms with van der Waals surface area (Å²) in [6, 6.07) is 4.11. The van der Waals surface area contributed by atoms with Gasteiger partial charge in [0.25, 0.3) is 0 Å². The number of rotatable bonds is 4. The van der Waals surface area contributed by atoms with Crippen molar-refractivity contribution in [2.24, 2.45) is 5.92 Å². The van der Waals surface area contributed by atoms with Crippen LogP contribution < -0.4 is 0 Å². The van der Waals surface area contributed by atoms with Gasteiger partial charge in [-0.05, 0) is 32.4 Å². The van der Waals surface area contributed by atoms with E-state index < -0.39 is 0 Å². The number of nitrogens with zero attached hydrogens (tertiary/aromatic N) is 3. The molecular formula is C17H21N3O3S. The van der Waals surface area contributed by atoms with Crippen molar-refractivity contribution in [3.05, 3.63) is 33.6 Å². The zero-order valence-electron chi connectivity index (χ0n) is 14.1. The van der Waals surface area contributed by atoms with Crippen LogP contribution in [0.25, 0.3) is 0 Å². The average molecular weight is 347 g/mol. The molecule has 0 unspecified atom stereocenters. The van der Waals surface area contributed by atoms with Gasteiger partial charge < -0.3 is 14.2 Å². The van der Waals surface area contributed by atoms with Crippen molar-refractivity contribution in [3.8, 4) is 0 Å². The van der Waals surface area contributed by atoms with E-state index >= 15 is 0 Å². The van der Waals surface area contributed by atoms with E-state index in [-0.39, 0.29) is 24.0 Å². The van der Waals surface area contributed by atoms with E-state index in [1.54, 1.807) is 25.4 Å². The van der Waals surface area contributed by atoms with Gasteiger partial charge in [-0.1, -0.05) is 5.16 Å². The number of aryl methyl sites for hydroxylation is 2. The van der Waals surface area contributed by atoms with Gasteiger partial charge in [0.05, 0.1) is 6.10 Å². The summed E-state index contributed by atoms with van der Waals surface area (Å²) in [6.45, 7) is 4.48. The van der Waals surface area contributed by atoms with Gasteiger partial charge in [-0.15, -0.1) is 11.3 Å². The minimum absolute atomic E-state index is 0.0207. The second kappa shape index (κ2) is 5.97. The summed E-state index contributed by atoms with van der Waals surface area (Å²) in [5, 5.41) is 3.87. The van der Waals surface area contributed by atoms with Crippen LogP contribution in [-0.2, 0) is 9.53 Å². The van der Waals surface area contributed by atoms with E-state index in [9.17, 15) is 4.79 Å². The van der Waals surface area contributed by atoms with Crippen LogP contribution in [0.15, 0.2) is 16.7 Å². The first-order chi connectivity index (χ1) is 11.6. The molecule has 1 saturated heterocycles. The van der Waals surface area contributed by atoms with E-state index in [1.807, 2.05) is 4.90 Å². The Morgan fingerprint density at radius 2 is 2.21 bits per heavy atom. The molecule has 24 heavy (non-hydrogen) atoms. The number of likely N-dealkylation sites (tertiary alicyclic amines) is 1. The van der Waals surface area contributed by atoms with Crippen LogP contribution in [0.1, 0.15) is 46.3 Å². The third-order valence-electron chi connectivity index (χ3n) is 4.94. The zero-order chi connectivity index (χ0) is 16.8. The molecule has 6 nitrogen and oxygen atoms in total. The van der Waals surface area contributed by atoms with Crippen LogP contribution in [0.4, 0.5) is 0 Å². The Bertz CT molecular complexity index is 756. The molecule has 1 saturated carbocycles. The molecule has 0 bridgehead atoms. The van der Waals surface area contributed by atoms with Crippen LogP contribution in [0.3, 0.4) is 0 Å². The quantitative estimate of drug-likeness (QED) is 0.851. The third-order valence-corrected chi connectivity index (χ3v) is 6.07. The van der Waals surface area contributed by atoms with E-state index in [1.165, 1.54) is 9.75 Å². The predicted octanol–water partition coefficient (Wildman–Crippen LogP) is 2.84. The number of aromatic nitrogens is 2. The summed E-state index contributed by atoms with van der Waals surface area (Å²) >= 11 is 1.79. The summed E-state index contributed by atoms with van der Waals surface area (Å²) in [5.41, 5.74) is 0. The topological polar surface area (TPSA) is 68.5 Å². The normalized spacial score (nSPS) is 29.2. The summed E-state index contributed by atoms with van der Waals surface area (Å²) in [4.78, 5) is 21.9. The van der Waals surface area contributed by atoms with E-state index in [0.29, 0.717) is 30.6 Å². The van der Waals surface area contributed by atoms with Crippen molar-refractivity contribution >= 4 is 17.2 Å². The molecule has 2 aromatic heterocycles. The SMILES string of the molecule is CO[C@H]1C[C@H](c2nc(C)no2)N(C(=O)[C@H]2C[C@@H]2c2ccc(C)s2)C1. The number of ether oxygens (including phenoxy) is 1. The summed E-state index contributed by atoms with van der Waals surface area (Å²) < 4.78 is 10.8. The number of hydrogen-bond acceptors (Lipinski definition) is 6. The second-order valence-corrected chi connectivity index (χ2v) is 8.00. The van der Waals surface area contributed by atoms with E-state index in [4.69, 9.17) is 9.26 Å². The molecule has 4 rings (SSSR count). The van der Waals surface area contributed by atoms with Gasteiger partial charge in [0.1, 0.15) is 6.04 Å². The van der Waals surface area contributed by atoms with Gasteiger partial charge >= 0.3 is 0 Å². The predicted molar refractivity (Wildman–Crippen MR) is 88.8 cm³/mol. The van der Waals surface area contributed by atoms with E-state index in [2.05, 4.69) is 29.2 Å². The van der Waals surface area contributed by atoms with Crippen LogP contribution in [-0.4, -0.2) is 40.7 Å². The van der Waals surface area contributed by atoms with Gasteiger partial charge in [0, 0.05) is 41.7 Å². The molecule has 2 aliphatic rings. The van der Waals surface area contributed by atoms with Crippen LogP contribution in [0.2, 0.25) is 0 Å². The summed E-state index contributed by atoms with van der Waals surface area (Å²) in [7, 11) is 1.68. The third kappa shape index (κ3) is 2.75. The lowest BCUT2D eigenvalue weighted by atomic mass is 10.2. The molecule has 128 valence electrons. The number of hydrogen-bond donors (Lipinski definition) is 0. The highest BCUT2D eigenvalue weighted by Gasteiger charge is 2.50. The first-order valence-electron chi connectivity index (χ1n) is 8.26. The Kier molecular flexibility index (Phi) is 3.92. The van der Waals surface area contributed by atoms with Crippen LogP contribution in [0.5, 0.6) is 0 Å². The molecule has 1 aliphatic carbocycles. The molecule has 7 heteroatoms. The lowest BCUT2D eigenvalue weighted by Crippen LogP contribution is -2.33. The molecule has 0 radical (unpaired) electrons. The molecule has 1 aliphatic heterocycles. The van der Waals surface area contributed by atoms with E-state index in [0.717, 1.165) is 6.42 Å². The van der Waals surface area contributed by atoms with Crippen LogP contribution in [0, 0.1) is 19.8 Å². The Labute approximate surface area is 144 Å². The van der Waals surface area contributed by atoms with Crippen molar-refractivity contribution in [1.82, 2.24) is 15.0 Å². The number of carbonyl (C=O) groups excluding carboxylic acids is 1. The Morgan fingerprint density at radius 1 is 1.38 bits per heavy atom. The largest absolute Gasteiger partial charge is 0.380 e. The number of methoxy groups -OCH3 is 1. The van der Waals surface area contributed by atoms with Gasteiger partial charge in [0.2, 0.25) is 11.8 Å². The first-order valence-corrected chi connectivity index (χ1v) is 9.08. The number of amides is 1. The first kappa shape index (κ1) is 15.8. The molecule has 0 aromatic carbocycles. The minimum Gasteiger partial charge on any atom is -0.380 e. The Morgan fingerprint density at radius 3 is 2.83 bits per heavy atom. The minimum atomic E-state index is -0.171. The Balaban J connectivity index is 1.52. The fourth-order valence-electron chi connectivity index (χ4n) is 3.54. The summed E-state index contributed by atoms with van der Waals surface area (Å²) in [5.74, 6) is 1.74. The maximum Gasteiger partial charge on any atom is 0.249 e. The van der Waals surface area contributed by atoms with Gasteiger partial charge in [0.15, 0.2) is 5.82 Å². The van der Waals surface area contributed by atoms with Crippen molar-refractivity contribution in [3.63, 3.8) is 0 Å². The highest BCUT2D eigenvalue weighted by molar-refractivity contribution is 7.12. The van der Waals surface area contributed by atoms with Crippen molar-refractivity contribution in [1.29, 1.82) is 0 Å². The monoisotopic (exact) mass is 347 g/mol. The molecule has 0 N–H and O–H groups in total. The highest BCUT2D eigenvalue weighted by atomic mass is 32.1. The fourth-order valence-corrected chi connectivity index (χ4v) is 4.60. The molecule has 3 heterocycles. The molecule has 2 aromatic rings. The lowest BCUT2D eigenvalue weighted by Gasteiger charge is -2.21. The maximum absolute atomic E-state index is 13.0. The zero-order valence-corrected chi connectivity index (χ0v) is 14.9. The molecular weight excluding hydrogens is 326 g/mol. The molecule has 1 amide bonds. The fraction of sp³-hybridized carbons (Fsp3) is 0.588. The van der Waals surface area contributed by atoms with Crippen molar-refractivity contribution < 1.29 is 14.1 Å². The van der Waals surface area contributed by atoms with Gasteiger partial charge in [-0.2, -0.15) is 4.98 Å². The van der Waals surface area contributed by atoms with Crippen molar-refractivity contribution in [2.75, 3.05) is 13.7 Å². The smallest absolute Gasteiger partial charge is 0.249 e. The lowest BCUT2D eigenvalue weighted by molar-refractivity contribution is -0.134. The molecule has 2 fully saturated rings. The molecule has 4 atom stereocenters.